The lowest BCUT2D eigenvalue weighted by Crippen LogP contribution is -2.36. The summed E-state index contributed by atoms with van der Waals surface area (Å²) in [5.74, 6) is 0. The molecule has 15 heavy (non-hydrogen) atoms. The van der Waals surface area contributed by atoms with Gasteiger partial charge in [-0.1, -0.05) is 26.2 Å². The number of epoxide rings is 1. The SMILES string of the molecule is CCCCCC1OC1C(CF)(CF)CF. The fraction of sp³-hybridized carbons (Fsp3) is 1.00. The highest BCUT2D eigenvalue weighted by Gasteiger charge is 2.54. The van der Waals surface area contributed by atoms with Gasteiger partial charge in [0.25, 0.3) is 0 Å². The van der Waals surface area contributed by atoms with Crippen LogP contribution in [0.4, 0.5) is 13.2 Å². The third kappa shape index (κ3) is 2.86. The van der Waals surface area contributed by atoms with E-state index in [0.717, 1.165) is 25.7 Å². The van der Waals surface area contributed by atoms with Crippen molar-refractivity contribution in [1.82, 2.24) is 0 Å². The number of ether oxygens (including phenoxy) is 1. The maximum atomic E-state index is 12.6. The van der Waals surface area contributed by atoms with Crippen molar-refractivity contribution in [3.63, 3.8) is 0 Å². The zero-order valence-electron chi connectivity index (χ0n) is 9.15. The van der Waals surface area contributed by atoms with E-state index < -0.39 is 31.5 Å². The molecule has 2 atom stereocenters. The smallest absolute Gasteiger partial charge is 0.103 e. The van der Waals surface area contributed by atoms with E-state index in [1.54, 1.807) is 0 Å². The van der Waals surface area contributed by atoms with Crippen LogP contribution in [0.25, 0.3) is 0 Å². The molecule has 0 radical (unpaired) electrons. The quantitative estimate of drug-likeness (QED) is 0.455. The van der Waals surface area contributed by atoms with Gasteiger partial charge in [-0.15, -0.1) is 0 Å². The van der Waals surface area contributed by atoms with Crippen LogP contribution in [-0.4, -0.2) is 32.2 Å². The molecular formula is C11H19F3O. The maximum absolute atomic E-state index is 12.6. The van der Waals surface area contributed by atoms with E-state index in [-0.39, 0.29) is 6.10 Å². The summed E-state index contributed by atoms with van der Waals surface area (Å²) in [6.07, 6.45) is 3.28. The molecule has 90 valence electrons. The van der Waals surface area contributed by atoms with Crippen molar-refractivity contribution in [2.24, 2.45) is 5.41 Å². The van der Waals surface area contributed by atoms with E-state index in [0.29, 0.717) is 0 Å². The molecule has 0 saturated carbocycles. The van der Waals surface area contributed by atoms with Crippen molar-refractivity contribution in [2.75, 3.05) is 20.0 Å². The highest BCUT2D eigenvalue weighted by molar-refractivity contribution is 5.00. The molecule has 1 saturated heterocycles. The van der Waals surface area contributed by atoms with Crippen LogP contribution in [0.5, 0.6) is 0 Å². The molecule has 0 amide bonds. The van der Waals surface area contributed by atoms with Crippen molar-refractivity contribution >= 4 is 0 Å². The number of rotatable bonds is 8. The summed E-state index contributed by atoms with van der Waals surface area (Å²) in [5, 5.41) is 0. The molecule has 1 aliphatic heterocycles. The Bertz CT molecular complexity index is 174. The Balaban J connectivity index is 2.33. The van der Waals surface area contributed by atoms with Crippen molar-refractivity contribution < 1.29 is 17.9 Å². The Morgan fingerprint density at radius 1 is 1.07 bits per heavy atom. The molecule has 0 spiro atoms. The van der Waals surface area contributed by atoms with Crippen molar-refractivity contribution in [2.45, 2.75) is 44.8 Å². The monoisotopic (exact) mass is 224 g/mol. The lowest BCUT2D eigenvalue weighted by atomic mass is 9.86. The predicted molar refractivity (Wildman–Crippen MR) is 53.2 cm³/mol. The zero-order chi connectivity index (χ0) is 11.3. The Morgan fingerprint density at radius 3 is 2.13 bits per heavy atom. The van der Waals surface area contributed by atoms with Gasteiger partial charge in [-0.05, 0) is 6.42 Å². The van der Waals surface area contributed by atoms with Crippen LogP contribution in [0, 0.1) is 5.41 Å². The Morgan fingerprint density at radius 2 is 1.67 bits per heavy atom. The van der Waals surface area contributed by atoms with Gasteiger partial charge in [0.05, 0.1) is 17.6 Å². The summed E-state index contributed by atoms with van der Waals surface area (Å²) in [6.45, 7) is -0.848. The second kappa shape index (κ2) is 5.73. The molecule has 0 aromatic heterocycles. The Hall–Kier alpha value is -0.250. The van der Waals surface area contributed by atoms with E-state index in [2.05, 4.69) is 6.92 Å². The molecule has 0 N–H and O–H groups in total. The molecule has 0 aliphatic carbocycles. The number of hydrogen-bond donors (Lipinski definition) is 0. The second-order valence-corrected chi connectivity index (χ2v) is 4.35. The highest BCUT2D eigenvalue weighted by atomic mass is 19.1. The fourth-order valence-corrected chi connectivity index (χ4v) is 1.83. The van der Waals surface area contributed by atoms with Gasteiger partial charge in [0.2, 0.25) is 0 Å². The van der Waals surface area contributed by atoms with Crippen LogP contribution in [-0.2, 0) is 4.74 Å². The second-order valence-electron chi connectivity index (χ2n) is 4.35. The van der Waals surface area contributed by atoms with Crippen LogP contribution < -0.4 is 0 Å². The summed E-state index contributed by atoms with van der Waals surface area (Å²) in [6, 6.07) is 0. The minimum Gasteiger partial charge on any atom is -0.369 e. The maximum Gasteiger partial charge on any atom is 0.103 e. The summed E-state index contributed by atoms with van der Waals surface area (Å²) in [5.41, 5.74) is -1.52. The minimum absolute atomic E-state index is 0.126. The fourth-order valence-electron chi connectivity index (χ4n) is 1.83. The van der Waals surface area contributed by atoms with Crippen LogP contribution >= 0.6 is 0 Å². The average Bonchev–Trinajstić information content (AvgIpc) is 3.02. The van der Waals surface area contributed by atoms with Crippen molar-refractivity contribution in [3.05, 3.63) is 0 Å². The number of hydrogen-bond acceptors (Lipinski definition) is 1. The van der Waals surface area contributed by atoms with Crippen molar-refractivity contribution in [1.29, 1.82) is 0 Å². The van der Waals surface area contributed by atoms with Gasteiger partial charge in [0.15, 0.2) is 0 Å². The molecule has 1 rings (SSSR count). The van der Waals surface area contributed by atoms with Gasteiger partial charge in [-0.3, -0.25) is 13.2 Å². The molecule has 0 aromatic carbocycles. The van der Waals surface area contributed by atoms with E-state index in [4.69, 9.17) is 4.74 Å². The van der Waals surface area contributed by atoms with Gasteiger partial charge in [0, 0.05) is 0 Å². The number of alkyl halides is 3. The van der Waals surface area contributed by atoms with Gasteiger partial charge in [-0.2, -0.15) is 0 Å². The summed E-state index contributed by atoms with van der Waals surface area (Å²) in [7, 11) is 0. The van der Waals surface area contributed by atoms with Crippen LogP contribution in [0.2, 0.25) is 0 Å². The van der Waals surface area contributed by atoms with Gasteiger partial charge in [0.1, 0.15) is 20.0 Å². The molecule has 0 bridgehead atoms. The number of unbranched alkanes of at least 4 members (excludes halogenated alkanes) is 2. The van der Waals surface area contributed by atoms with E-state index in [1.807, 2.05) is 0 Å². The largest absolute Gasteiger partial charge is 0.369 e. The van der Waals surface area contributed by atoms with E-state index >= 15 is 0 Å². The first-order chi connectivity index (χ1) is 7.24. The van der Waals surface area contributed by atoms with Gasteiger partial charge in [-0.25, -0.2) is 0 Å². The predicted octanol–water partition coefficient (Wildman–Crippen LogP) is 3.23. The summed E-state index contributed by atoms with van der Waals surface area (Å²) >= 11 is 0. The molecule has 0 aromatic rings. The molecule has 4 heteroatoms. The first-order valence-corrected chi connectivity index (χ1v) is 5.57. The van der Waals surface area contributed by atoms with Gasteiger partial charge >= 0.3 is 0 Å². The van der Waals surface area contributed by atoms with Crippen LogP contribution in [0.3, 0.4) is 0 Å². The highest BCUT2D eigenvalue weighted by Crippen LogP contribution is 2.42. The Labute approximate surface area is 89.0 Å². The third-order valence-corrected chi connectivity index (χ3v) is 3.08. The minimum atomic E-state index is -1.52. The first-order valence-electron chi connectivity index (χ1n) is 5.57. The first kappa shape index (κ1) is 12.8. The zero-order valence-corrected chi connectivity index (χ0v) is 9.15. The van der Waals surface area contributed by atoms with Gasteiger partial charge < -0.3 is 4.74 Å². The topological polar surface area (TPSA) is 12.5 Å². The summed E-state index contributed by atoms with van der Waals surface area (Å²) < 4.78 is 43.0. The van der Waals surface area contributed by atoms with Crippen LogP contribution in [0.1, 0.15) is 32.6 Å². The standard InChI is InChI=1S/C11H19F3O/c1-2-3-4-5-9-10(15-9)11(6-12,7-13)8-14/h9-10H,2-8H2,1H3. The summed E-state index contributed by atoms with van der Waals surface area (Å²) in [4.78, 5) is 0. The average molecular weight is 224 g/mol. The normalized spacial score (nSPS) is 25.6. The lowest BCUT2D eigenvalue weighted by Gasteiger charge is -2.21. The van der Waals surface area contributed by atoms with Crippen LogP contribution in [0.15, 0.2) is 0 Å². The number of halogens is 3. The Kier molecular flexibility index (Phi) is 4.90. The molecule has 1 nitrogen and oxygen atoms in total. The molecule has 1 fully saturated rings. The van der Waals surface area contributed by atoms with E-state index in [1.165, 1.54) is 0 Å². The third-order valence-electron chi connectivity index (χ3n) is 3.08. The molecule has 1 heterocycles. The molecular weight excluding hydrogens is 205 g/mol. The van der Waals surface area contributed by atoms with E-state index in [9.17, 15) is 13.2 Å². The molecule has 1 aliphatic rings. The van der Waals surface area contributed by atoms with Crippen molar-refractivity contribution in [3.8, 4) is 0 Å². The lowest BCUT2D eigenvalue weighted by molar-refractivity contribution is 0.0771. The molecule has 2 unspecified atom stereocenters.